The van der Waals surface area contributed by atoms with Gasteiger partial charge >= 0.3 is 5.97 Å². The van der Waals surface area contributed by atoms with E-state index in [0.29, 0.717) is 11.3 Å². The van der Waals surface area contributed by atoms with Gasteiger partial charge in [-0.3, -0.25) is 4.79 Å². The molecule has 2 aromatic carbocycles. The molecule has 0 spiro atoms. The van der Waals surface area contributed by atoms with E-state index in [-0.39, 0.29) is 28.7 Å². The molecular formula is C15H12ClNO4. The number of carboxylic acid groups (broad SMARTS) is 1. The Kier molecular flexibility index (Phi) is 4.45. The predicted molar refractivity (Wildman–Crippen MR) is 78.9 cm³/mol. The van der Waals surface area contributed by atoms with Gasteiger partial charge in [-0.15, -0.1) is 0 Å². The van der Waals surface area contributed by atoms with Gasteiger partial charge < -0.3 is 15.5 Å². The topological polar surface area (TPSA) is 86.6 Å². The van der Waals surface area contributed by atoms with Crippen molar-refractivity contribution in [3.05, 3.63) is 58.6 Å². The van der Waals surface area contributed by atoms with Crippen molar-refractivity contribution < 1.29 is 19.8 Å². The molecule has 0 fully saturated rings. The fourth-order valence-corrected chi connectivity index (χ4v) is 2.06. The predicted octanol–water partition coefficient (Wildman–Crippen LogP) is 2.93. The Labute approximate surface area is 125 Å². The van der Waals surface area contributed by atoms with E-state index in [1.807, 2.05) is 0 Å². The first-order valence-corrected chi connectivity index (χ1v) is 6.44. The number of nitrogens with one attached hydrogen (secondary N) is 1. The second-order valence-electron chi connectivity index (χ2n) is 4.39. The van der Waals surface area contributed by atoms with Crippen LogP contribution in [0, 0.1) is 0 Å². The summed E-state index contributed by atoms with van der Waals surface area (Å²) in [6.07, 6.45) is -0.0262. The highest BCUT2D eigenvalue weighted by Gasteiger charge is 2.10. The monoisotopic (exact) mass is 305 g/mol. The van der Waals surface area contributed by atoms with E-state index in [9.17, 15) is 14.7 Å². The molecule has 0 aliphatic carbocycles. The van der Waals surface area contributed by atoms with Crippen LogP contribution in [0.4, 0.5) is 5.69 Å². The summed E-state index contributed by atoms with van der Waals surface area (Å²) in [4.78, 5) is 22.8. The summed E-state index contributed by atoms with van der Waals surface area (Å²) in [5.41, 5.74) is 0.760. The van der Waals surface area contributed by atoms with Crippen LogP contribution in [0.5, 0.6) is 5.75 Å². The van der Waals surface area contributed by atoms with Crippen molar-refractivity contribution in [3.8, 4) is 5.75 Å². The zero-order valence-corrected chi connectivity index (χ0v) is 11.6. The van der Waals surface area contributed by atoms with Gasteiger partial charge in [0.2, 0.25) is 5.91 Å². The quantitative estimate of drug-likeness (QED) is 0.810. The van der Waals surface area contributed by atoms with Crippen LogP contribution in [0.25, 0.3) is 0 Å². The van der Waals surface area contributed by atoms with E-state index < -0.39 is 5.97 Å². The van der Waals surface area contributed by atoms with Gasteiger partial charge in [0, 0.05) is 16.3 Å². The Morgan fingerprint density at radius 2 is 1.86 bits per heavy atom. The molecule has 21 heavy (non-hydrogen) atoms. The number of hydrogen-bond acceptors (Lipinski definition) is 3. The minimum atomic E-state index is -1.13. The highest BCUT2D eigenvalue weighted by molar-refractivity contribution is 6.31. The van der Waals surface area contributed by atoms with Crippen LogP contribution in [-0.4, -0.2) is 22.1 Å². The van der Waals surface area contributed by atoms with Gasteiger partial charge in [-0.1, -0.05) is 29.8 Å². The third-order valence-corrected chi connectivity index (χ3v) is 2.99. The largest absolute Gasteiger partial charge is 0.508 e. The van der Waals surface area contributed by atoms with Crippen LogP contribution in [0.2, 0.25) is 5.02 Å². The number of anilines is 1. The molecule has 1 amide bonds. The molecule has 2 aromatic rings. The summed E-state index contributed by atoms with van der Waals surface area (Å²) < 4.78 is 0. The van der Waals surface area contributed by atoms with Crippen LogP contribution >= 0.6 is 11.6 Å². The number of carbonyl (C=O) groups is 2. The molecular weight excluding hydrogens is 294 g/mol. The molecule has 0 heterocycles. The number of para-hydroxylation sites is 1. The van der Waals surface area contributed by atoms with E-state index >= 15 is 0 Å². The van der Waals surface area contributed by atoms with Crippen molar-refractivity contribution in [1.82, 2.24) is 0 Å². The molecule has 0 saturated carbocycles. The highest BCUT2D eigenvalue weighted by Crippen LogP contribution is 2.21. The molecule has 0 aromatic heterocycles. The number of halogens is 1. The second-order valence-corrected chi connectivity index (χ2v) is 4.82. The lowest BCUT2D eigenvalue weighted by molar-refractivity contribution is -0.115. The number of carbonyl (C=O) groups excluding carboxylic acids is 1. The van der Waals surface area contributed by atoms with Gasteiger partial charge in [0.1, 0.15) is 5.75 Å². The van der Waals surface area contributed by atoms with Crippen molar-refractivity contribution in [1.29, 1.82) is 0 Å². The molecule has 6 heteroatoms. The van der Waals surface area contributed by atoms with Gasteiger partial charge in [0.25, 0.3) is 0 Å². The standard InChI is InChI=1S/C15H12ClNO4/c16-11-5-10(15(20)21)6-12(8-11)17-14(19)7-9-3-1-2-4-13(9)18/h1-6,8,18H,7H2,(H,17,19)(H,20,21). The van der Waals surface area contributed by atoms with Crippen molar-refractivity contribution in [2.75, 3.05) is 5.32 Å². The van der Waals surface area contributed by atoms with Crippen molar-refractivity contribution in [2.24, 2.45) is 0 Å². The lowest BCUT2D eigenvalue weighted by atomic mass is 10.1. The fourth-order valence-electron chi connectivity index (χ4n) is 1.82. The summed E-state index contributed by atoms with van der Waals surface area (Å²) in [5, 5.41) is 21.3. The lowest BCUT2D eigenvalue weighted by Crippen LogP contribution is -2.15. The molecule has 0 saturated heterocycles. The Bertz CT molecular complexity index is 700. The molecule has 0 unspecified atom stereocenters. The zero-order valence-electron chi connectivity index (χ0n) is 10.8. The number of phenolic OH excluding ortho intramolecular Hbond substituents is 1. The van der Waals surface area contributed by atoms with Crippen LogP contribution in [0.1, 0.15) is 15.9 Å². The Morgan fingerprint density at radius 3 is 2.52 bits per heavy atom. The third kappa shape index (κ3) is 3.97. The highest BCUT2D eigenvalue weighted by atomic mass is 35.5. The van der Waals surface area contributed by atoms with Gasteiger partial charge in [0.05, 0.1) is 12.0 Å². The van der Waals surface area contributed by atoms with E-state index in [1.165, 1.54) is 24.3 Å². The number of aromatic hydroxyl groups is 1. The lowest BCUT2D eigenvalue weighted by Gasteiger charge is -2.08. The van der Waals surface area contributed by atoms with Gasteiger partial charge in [0.15, 0.2) is 0 Å². The molecule has 0 radical (unpaired) electrons. The van der Waals surface area contributed by atoms with Gasteiger partial charge in [-0.25, -0.2) is 4.79 Å². The first kappa shape index (κ1) is 14.9. The Morgan fingerprint density at radius 1 is 1.14 bits per heavy atom. The number of carboxylic acids is 1. The number of aromatic carboxylic acids is 1. The Balaban J connectivity index is 2.13. The third-order valence-electron chi connectivity index (χ3n) is 2.77. The average Bonchev–Trinajstić information content (AvgIpc) is 2.40. The van der Waals surface area contributed by atoms with E-state index in [2.05, 4.69) is 5.32 Å². The second kappa shape index (κ2) is 6.28. The number of hydrogen-bond donors (Lipinski definition) is 3. The summed E-state index contributed by atoms with van der Waals surface area (Å²) in [5.74, 6) is -1.48. The number of benzene rings is 2. The van der Waals surface area contributed by atoms with Crippen molar-refractivity contribution >= 4 is 29.2 Å². The van der Waals surface area contributed by atoms with Crippen LogP contribution in [0.3, 0.4) is 0 Å². The molecule has 0 bridgehead atoms. The van der Waals surface area contributed by atoms with Gasteiger partial charge in [-0.2, -0.15) is 0 Å². The SMILES string of the molecule is O=C(Cc1ccccc1O)Nc1cc(Cl)cc(C(=O)O)c1. The van der Waals surface area contributed by atoms with E-state index in [1.54, 1.807) is 18.2 Å². The molecule has 2 rings (SSSR count). The summed E-state index contributed by atoms with van der Waals surface area (Å²) in [6.45, 7) is 0. The smallest absolute Gasteiger partial charge is 0.335 e. The van der Waals surface area contributed by atoms with E-state index in [0.717, 1.165) is 0 Å². The maximum absolute atomic E-state index is 11.9. The summed E-state index contributed by atoms with van der Waals surface area (Å²) >= 11 is 5.81. The average molecular weight is 306 g/mol. The fraction of sp³-hybridized carbons (Fsp3) is 0.0667. The first-order valence-electron chi connectivity index (χ1n) is 6.06. The van der Waals surface area contributed by atoms with Gasteiger partial charge in [-0.05, 0) is 24.3 Å². The minimum absolute atomic E-state index is 0.0136. The minimum Gasteiger partial charge on any atom is -0.508 e. The summed E-state index contributed by atoms with van der Waals surface area (Å²) in [6, 6.07) is 10.6. The molecule has 0 aliphatic rings. The number of rotatable bonds is 4. The van der Waals surface area contributed by atoms with Crippen LogP contribution < -0.4 is 5.32 Å². The molecule has 0 atom stereocenters. The number of amides is 1. The molecule has 3 N–H and O–H groups in total. The van der Waals surface area contributed by atoms with E-state index in [4.69, 9.17) is 16.7 Å². The van der Waals surface area contributed by atoms with Crippen LogP contribution in [-0.2, 0) is 11.2 Å². The number of phenols is 1. The Hall–Kier alpha value is -2.53. The van der Waals surface area contributed by atoms with Crippen molar-refractivity contribution in [2.45, 2.75) is 6.42 Å². The maximum Gasteiger partial charge on any atom is 0.335 e. The van der Waals surface area contributed by atoms with Crippen LogP contribution in [0.15, 0.2) is 42.5 Å². The normalized spacial score (nSPS) is 10.1. The summed E-state index contributed by atoms with van der Waals surface area (Å²) in [7, 11) is 0. The first-order chi connectivity index (χ1) is 9.95. The molecule has 108 valence electrons. The molecule has 0 aliphatic heterocycles. The maximum atomic E-state index is 11.9. The molecule has 5 nitrogen and oxygen atoms in total. The van der Waals surface area contributed by atoms with Crippen molar-refractivity contribution in [3.63, 3.8) is 0 Å². The zero-order chi connectivity index (χ0) is 15.4.